The van der Waals surface area contributed by atoms with Crippen molar-refractivity contribution in [2.24, 2.45) is 0 Å². The van der Waals surface area contributed by atoms with Gasteiger partial charge in [-0.05, 0) is 29.3 Å². The van der Waals surface area contributed by atoms with Crippen LogP contribution in [0.3, 0.4) is 0 Å². The third-order valence-corrected chi connectivity index (χ3v) is 2.74. The predicted octanol–water partition coefficient (Wildman–Crippen LogP) is 3.24. The summed E-state index contributed by atoms with van der Waals surface area (Å²) in [7, 11) is 0. The number of Topliss-reactive ketones (excluding diaryl/α,β-unsaturated/α-hetero) is 1. The van der Waals surface area contributed by atoms with Gasteiger partial charge in [-0.25, -0.2) is 4.39 Å². The summed E-state index contributed by atoms with van der Waals surface area (Å²) in [5, 5.41) is 10.8. The molecule has 0 fully saturated rings. The number of rotatable bonds is 6. The van der Waals surface area contributed by atoms with Gasteiger partial charge >= 0.3 is 5.69 Å². The average molecular weight is 320 g/mol. The second kappa shape index (κ2) is 6.44. The standard InChI is InChI=1S/C11H11BrFNO4/c1-7(15)3-2-4-18-11-6-9(13)8(12)5-10(11)14(16)17/h5-6H,2-4H2,1H3. The Balaban J connectivity index is 2.77. The number of nitrogens with zero attached hydrogens (tertiary/aromatic N) is 1. The molecule has 1 rings (SSSR count). The number of hydrogen-bond acceptors (Lipinski definition) is 4. The molecule has 0 atom stereocenters. The Morgan fingerprint density at radius 2 is 2.22 bits per heavy atom. The van der Waals surface area contributed by atoms with E-state index in [1.807, 2.05) is 0 Å². The lowest BCUT2D eigenvalue weighted by Gasteiger charge is -2.07. The number of carbonyl (C=O) groups excluding carboxylic acids is 1. The van der Waals surface area contributed by atoms with Crippen LogP contribution in [-0.4, -0.2) is 17.3 Å². The molecule has 0 N–H and O–H groups in total. The van der Waals surface area contributed by atoms with Crippen LogP contribution in [0.1, 0.15) is 19.8 Å². The lowest BCUT2D eigenvalue weighted by Crippen LogP contribution is -2.03. The van der Waals surface area contributed by atoms with Gasteiger partial charge in [-0.2, -0.15) is 0 Å². The second-order valence-electron chi connectivity index (χ2n) is 3.65. The van der Waals surface area contributed by atoms with E-state index in [0.29, 0.717) is 12.8 Å². The maximum Gasteiger partial charge on any atom is 0.312 e. The molecule has 0 bridgehead atoms. The highest BCUT2D eigenvalue weighted by atomic mass is 79.9. The molecule has 1 aromatic carbocycles. The van der Waals surface area contributed by atoms with Crippen LogP contribution >= 0.6 is 15.9 Å². The van der Waals surface area contributed by atoms with Crippen LogP contribution in [0, 0.1) is 15.9 Å². The first-order valence-corrected chi connectivity index (χ1v) is 5.96. The minimum Gasteiger partial charge on any atom is -0.487 e. The minimum absolute atomic E-state index is 0.00489. The molecule has 0 aliphatic rings. The van der Waals surface area contributed by atoms with Gasteiger partial charge in [0.2, 0.25) is 0 Å². The summed E-state index contributed by atoms with van der Waals surface area (Å²) in [5.41, 5.74) is -0.314. The quantitative estimate of drug-likeness (QED) is 0.458. The monoisotopic (exact) mass is 319 g/mol. The first-order chi connectivity index (χ1) is 8.41. The molecule has 18 heavy (non-hydrogen) atoms. The molecule has 7 heteroatoms. The largest absolute Gasteiger partial charge is 0.487 e. The van der Waals surface area contributed by atoms with Gasteiger partial charge in [0.1, 0.15) is 11.6 Å². The van der Waals surface area contributed by atoms with Crippen LogP contribution in [0.4, 0.5) is 10.1 Å². The van der Waals surface area contributed by atoms with Gasteiger partial charge in [-0.3, -0.25) is 10.1 Å². The van der Waals surface area contributed by atoms with Crippen molar-refractivity contribution >= 4 is 27.4 Å². The van der Waals surface area contributed by atoms with E-state index in [2.05, 4.69) is 15.9 Å². The van der Waals surface area contributed by atoms with Gasteiger partial charge in [0.25, 0.3) is 0 Å². The van der Waals surface area contributed by atoms with E-state index in [-0.39, 0.29) is 28.3 Å². The van der Waals surface area contributed by atoms with Crippen LogP contribution in [0.5, 0.6) is 5.75 Å². The van der Waals surface area contributed by atoms with Crippen molar-refractivity contribution in [3.63, 3.8) is 0 Å². The first kappa shape index (κ1) is 14.6. The van der Waals surface area contributed by atoms with Crippen molar-refractivity contribution in [1.82, 2.24) is 0 Å². The number of halogens is 2. The second-order valence-corrected chi connectivity index (χ2v) is 4.50. The summed E-state index contributed by atoms with van der Waals surface area (Å²) in [6.45, 7) is 1.57. The normalized spacial score (nSPS) is 10.2. The van der Waals surface area contributed by atoms with E-state index in [0.717, 1.165) is 12.1 Å². The Morgan fingerprint density at radius 3 is 2.78 bits per heavy atom. The van der Waals surface area contributed by atoms with Crippen molar-refractivity contribution in [2.45, 2.75) is 19.8 Å². The molecule has 0 radical (unpaired) electrons. The number of nitro benzene ring substituents is 1. The summed E-state index contributed by atoms with van der Waals surface area (Å²) < 4.78 is 18.4. The zero-order chi connectivity index (χ0) is 13.7. The van der Waals surface area contributed by atoms with Crippen molar-refractivity contribution in [3.8, 4) is 5.75 Å². The number of benzene rings is 1. The van der Waals surface area contributed by atoms with Crippen LogP contribution in [0.25, 0.3) is 0 Å². The molecule has 0 heterocycles. The SMILES string of the molecule is CC(=O)CCCOc1cc(F)c(Br)cc1[N+](=O)[O-]. The topological polar surface area (TPSA) is 69.4 Å². The van der Waals surface area contributed by atoms with Gasteiger partial charge in [0, 0.05) is 18.6 Å². The number of ketones is 1. The molecule has 0 saturated carbocycles. The molecule has 1 aromatic rings. The van der Waals surface area contributed by atoms with Crippen LogP contribution < -0.4 is 4.74 Å². The molecule has 0 unspecified atom stereocenters. The smallest absolute Gasteiger partial charge is 0.312 e. The zero-order valence-electron chi connectivity index (χ0n) is 9.61. The van der Waals surface area contributed by atoms with Gasteiger partial charge in [-0.15, -0.1) is 0 Å². The third-order valence-electron chi connectivity index (χ3n) is 2.13. The molecule has 0 amide bonds. The maximum atomic E-state index is 13.3. The van der Waals surface area contributed by atoms with E-state index >= 15 is 0 Å². The molecule has 5 nitrogen and oxygen atoms in total. The highest BCUT2D eigenvalue weighted by Gasteiger charge is 2.18. The molecule has 0 saturated heterocycles. The number of nitro groups is 1. The third kappa shape index (κ3) is 4.06. The average Bonchev–Trinajstić information content (AvgIpc) is 2.28. The Morgan fingerprint density at radius 1 is 1.56 bits per heavy atom. The van der Waals surface area contributed by atoms with E-state index in [9.17, 15) is 19.3 Å². The van der Waals surface area contributed by atoms with Crippen LogP contribution in [-0.2, 0) is 4.79 Å². The summed E-state index contributed by atoms with van der Waals surface area (Å²) in [6, 6.07) is 2.01. The molecular formula is C11H11BrFNO4. The number of ether oxygens (including phenoxy) is 1. The molecule has 0 aromatic heterocycles. The molecule has 0 spiro atoms. The first-order valence-electron chi connectivity index (χ1n) is 5.17. The Bertz CT molecular complexity index is 478. The van der Waals surface area contributed by atoms with Crippen molar-refractivity contribution < 1.29 is 18.8 Å². The summed E-state index contributed by atoms with van der Waals surface area (Å²) in [5.74, 6) is -0.762. The van der Waals surface area contributed by atoms with E-state index in [1.165, 1.54) is 6.92 Å². The maximum absolute atomic E-state index is 13.3. The summed E-state index contributed by atoms with van der Waals surface area (Å²) >= 11 is 2.87. The van der Waals surface area contributed by atoms with Crippen molar-refractivity contribution in [1.29, 1.82) is 0 Å². The Labute approximate surface area is 111 Å². The van der Waals surface area contributed by atoms with Crippen molar-refractivity contribution in [3.05, 3.63) is 32.5 Å². The number of hydrogen-bond donors (Lipinski definition) is 0. The highest BCUT2D eigenvalue weighted by Crippen LogP contribution is 2.32. The lowest BCUT2D eigenvalue weighted by molar-refractivity contribution is -0.386. The molecule has 98 valence electrons. The van der Waals surface area contributed by atoms with Gasteiger partial charge in [0.05, 0.1) is 16.0 Å². The van der Waals surface area contributed by atoms with E-state index < -0.39 is 10.7 Å². The van der Waals surface area contributed by atoms with Gasteiger partial charge in [0.15, 0.2) is 5.75 Å². The highest BCUT2D eigenvalue weighted by molar-refractivity contribution is 9.10. The lowest BCUT2D eigenvalue weighted by atomic mass is 10.2. The summed E-state index contributed by atoms with van der Waals surface area (Å²) in [4.78, 5) is 20.8. The fourth-order valence-corrected chi connectivity index (χ4v) is 1.61. The van der Waals surface area contributed by atoms with Gasteiger partial charge in [-0.1, -0.05) is 0 Å². The Hall–Kier alpha value is -1.50. The summed E-state index contributed by atoms with van der Waals surface area (Å²) in [6.07, 6.45) is 0.761. The molecule has 0 aliphatic heterocycles. The van der Waals surface area contributed by atoms with E-state index in [4.69, 9.17) is 4.74 Å². The minimum atomic E-state index is -0.648. The zero-order valence-corrected chi connectivity index (χ0v) is 11.2. The van der Waals surface area contributed by atoms with Crippen LogP contribution in [0.2, 0.25) is 0 Å². The Kier molecular flexibility index (Phi) is 5.21. The van der Waals surface area contributed by atoms with Gasteiger partial charge < -0.3 is 9.53 Å². The molecule has 0 aliphatic carbocycles. The molecular weight excluding hydrogens is 309 g/mol. The van der Waals surface area contributed by atoms with Crippen LogP contribution in [0.15, 0.2) is 16.6 Å². The van der Waals surface area contributed by atoms with E-state index in [1.54, 1.807) is 0 Å². The fraction of sp³-hybridized carbons (Fsp3) is 0.364. The van der Waals surface area contributed by atoms with Crippen molar-refractivity contribution in [2.75, 3.05) is 6.61 Å². The fourth-order valence-electron chi connectivity index (χ4n) is 1.28. The predicted molar refractivity (Wildman–Crippen MR) is 66.2 cm³/mol. The number of carbonyl (C=O) groups is 1.